The van der Waals surface area contributed by atoms with Crippen LogP contribution >= 0.6 is 39.1 Å². The lowest BCUT2D eigenvalue weighted by molar-refractivity contribution is 0.232. The maximum atomic E-state index is 6.23. The van der Waals surface area contributed by atoms with Gasteiger partial charge >= 0.3 is 0 Å². The Morgan fingerprint density at radius 3 is 2.17 bits per heavy atom. The predicted molar refractivity (Wildman–Crippen MR) is 83.8 cm³/mol. The maximum Gasteiger partial charge on any atom is 0.0721 e. The zero-order valence-electron chi connectivity index (χ0n) is 10.7. The smallest absolute Gasteiger partial charge is 0.0721 e. The number of hydrogen-bond donors (Lipinski definition) is 1. The fourth-order valence-electron chi connectivity index (χ4n) is 2.43. The lowest BCUT2D eigenvalue weighted by atomic mass is 9.75. The van der Waals surface area contributed by atoms with Crippen LogP contribution in [0.3, 0.4) is 0 Å². The summed E-state index contributed by atoms with van der Waals surface area (Å²) in [5.74, 6) is 0. The SMILES string of the molecule is CC1(C)CCC(Nc2c(Cl)cc(Br)cc2Cl)CC1. The van der Waals surface area contributed by atoms with Crippen LogP contribution in [0.1, 0.15) is 39.5 Å². The van der Waals surface area contributed by atoms with Gasteiger partial charge in [-0.1, -0.05) is 53.0 Å². The highest BCUT2D eigenvalue weighted by atomic mass is 79.9. The molecule has 0 aliphatic heterocycles. The summed E-state index contributed by atoms with van der Waals surface area (Å²) in [7, 11) is 0. The zero-order valence-corrected chi connectivity index (χ0v) is 13.8. The second kappa shape index (κ2) is 5.60. The van der Waals surface area contributed by atoms with Gasteiger partial charge in [0.25, 0.3) is 0 Å². The number of nitrogens with one attached hydrogen (secondary N) is 1. The van der Waals surface area contributed by atoms with Gasteiger partial charge in [-0.3, -0.25) is 0 Å². The van der Waals surface area contributed by atoms with Gasteiger partial charge in [0.2, 0.25) is 0 Å². The molecule has 0 bridgehead atoms. The standard InChI is InChI=1S/C14H18BrCl2N/c1-14(2)5-3-10(4-6-14)18-13-11(16)7-9(15)8-12(13)17/h7-8,10,18H,3-6H2,1-2H3. The van der Waals surface area contributed by atoms with E-state index in [4.69, 9.17) is 23.2 Å². The van der Waals surface area contributed by atoms with Crippen LogP contribution in [0.5, 0.6) is 0 Å². The molecular formula is C14H18BrCl2N. The van der Waals surface area contributed by atoms with E-state index in [1.807, 2.05) is 12.1 Å². The van der Waals surface area contributed by atoms with E-state index < -0.39 is 0 Å². The quantitative estimate of drug-likeness (QED) is 0.675. The van der Waals surface area contributed by atoms with Crippen LogP contribution < -0.4 is 5.32 Å². The van der Waals surface area contributed by atoms with Crippen molar-refractivity contribution in [3.8, 4) is 0 Å². The number of anilines is 1. The highest BCUT2D eigenvalue weighted by molar-refractivity contribution is 9.10. The molecule has 0 aromatic heterocycles. The highest BCUT2D eigenvalue weighted by Gasteiger charge is 2.27. The average molecular weight is 351 g/mol. The molecule has 1 aliphatic rings. The molecule has 100 valence electrons. The molecule has 1 fully saturated rings. The molecule has 0 atom stereocenters. The lowest BCUT2D eigenvalue weighted by Gasteiger charge is -2.35. The lowest BCUT2D eigenvalue weighted by Crippen LogP contribution is -2.30. The van der Waals surface area contributed by atoms with Gasteiger partial charge in [-0.25, -0.2) is 0 Å². The Balaban J connectivity index is 2.07. The van der Waals surface area contributed by atoms with Crippen LogP contribution in [0.25, 0.3) is 0 Å². The monoisotopic (exact) mass is 349 g/mol. The summed E-state index contributed by atoms with van der Waals surface area (Å²) in [5.41, 5.74) is 1.34. The molecule has 0 heterocycles. The van der Waals surface area contributed by atoms with Gasteiger partial charge in [0, 0.05) is 10.5 Å². The van der Waals surface area contributed by atoms with Crippen molar-refractivity contribution in [1.82, 2.24) is 0 Å². The Morgan fingerprint density at radius 1 is 1.17 bits per heavy atom. The van der Waals surface area contributed by atoms with Gasteiger partial charge < -0.3 is 5.32 Å². The first-order valence-electron chi connectivity index (χ1n) is 6.28. The number of halogens is 3. The molecule has 0 unspecified atom stereocenters. The van der Waals surface area contributed by atoms with Gasteiger partial charge in [0.15, 0.2) is 0 Å². The van der Waals surface area contributed by atoms with Crippen molar-refractivity contribution in [3.63, 3.8) is 0 Å². The first-order valence-corrected chi connectivity index (χ1v) is 7.83. The molecule has 1 aliphatic carbocycles. The molecule has 18 heavy (non-hydrogen) atoms. The normalized spacial score (nSPS) is 19.8. The Labute approximate surface area is 127 Å². The molecule has 0 spiro atoms. The topological polar surface area (TPSA) is 12.0 Å². The van der Waals surface area contributed by atoms with Crippen molar-refractivity contribution in [3.05, 3.63) is 26.7 Å². The molecule has 0 amide bonds. The Bertz CT molecular complexity index is 412. The number of rotatable bonds is 2. The van der Waals surface area contributed by atoms with Crippen molar-refractivity contribution < 1.29 is 0 Å². The van der Waals surface area contributed by atoms with Crippen LogP contribution in [0, 0.1) is 5.41 Å². The maximum absolute atomic E-state index is 6.23. The van der Waals surface area contributed by atoms with E-state index in [-0.39, 0.29) is 0 Å². The summed E-state index contributed by atoms with van der Waals surface area (Å²) < 4.78 is 0.910. The molecule has 0 saturated heterocycles. The fraction of sp³-hybridized carbons (Fsp3) is 0.571. The van der Waals surface area contributed by atoms with Crippen LogP contribution in [0.2, 0.25) is 10.0 Å². The summed E-state index contributed by atoms with van der Waals surface area (Å²) in [6.45, 7) is 4.67. The molecule has 1 nitrogen and oxygen atoms in total. The first kappa shape index (κ1) is 14.5. The average Bonchev–Trinajstić information content (AvgIpc) is 2.25. The minimum Gasteiger partial charge on any atom is -0.380 e. The zero-order chi connectivity index (χ0) is 13.3. The van der Waals surface area contributed by atoms with E-state index in [9.17, 15) is 0 Å². The van der Waals surface area contributed by atoms with Crippen LogP contribution in [0.15, 0.2) is 16.6 Å². The Morgan fingerprint density at radius 2 is 1.67 bits per heavy atom. The molecular weight excluding hydrogens is 333 g/mol. The van der Waals surface area contributed by atoms with Gasteiger partial charge in [-0.15, -0.1) is 0 Å². The van der Waals surface area contributed by atoms with Crippen molar-refractivity contribution in [2.45, 2.75) is 45.6 Å². The second-order valence-electron chi connectivity index (χ2n) is 5.83. The number of benzene rings is 1. The van der Waals surface area contributed by atoms with Gasteiger partial charge in [0.05, 0.1) is 15.7 Å². The van der Waals surface area contributed by atoms with E-state index >= 15 is 0 Å². The van der Waals surface area contributed by atoms with E-state index in [1.54, 1.807) is 0 Å². The molecule has 1 aromatic carbocycles. The van der Waals surface area contributed by atoms with E-state index in [2.05, 4.69) is 35.1 Å². The molecule has 1 aromatic rings. The van der Waals surface area contributed by atoms with Crippen molar-refractivity contribution in [2.75, 3.05) is 5.32 Å². The van der Waals surface area contributed by atoms with Crippen molar-refractivity contribution >= 4 is 44.8 Å². The first-order chi connectivity index (χ1) is 8.37. The van der Waals surface area contributed by atoms with Crippen LogP contribution in [-0.2, 0) is 0 Å². The summed E-state index contributed by atoms with van der Waals surface area (Å²) in [6, 6.07) is 4.24. The van der Waals surface area contributed by atoms with E-state index in [0.29, 0.717) is 21.5 Å². The molecule has 1 N–H and O–H groups in total. The minimum atomic E-state index is 0.478. The third-order valence-corrected chi connectivity index (χ3v) is 4.75. The molecule has 0 radical (unpaired) electrons. The van der Waals surface area contributed by atoms with Gasteiger partial charge in [0.1, 0.15) is 0 Å². The van der Waals surface area contributed by atoms with Crippen LogP contribution in [-0.4, -0.2) is 6.04 Å². The highest BCUT2D eigenvalue weighted by Crippen LogP contribution is 2.39. The Hall–Kier alpha value is 0.0800. The van der Waals surface area contributed by atoms with Crippen molar-refractivity contribution in [2.24, 2.45) is 5.41 Å². The molecule has 4 heteroatoms. The van der Waals surface area contributed by atoms with Crippen LogP contribution in [0.4, 0.5) is 5.69 Å². The minimum absolute atomic E-state index is 0.478. The summed E-state index contributed by atoms with van der Waals surface area (Å²) in [5, 5.41) is 4.86. The predicted octanol–water partition coefficient (Wildman–Crippen LogP) is 6.14. The number of hydrogen-bond acceptors (Lipinski definition) is 1. The second-order valence-corrected chi connectivity index (χ2v) is 7.56. The molecule has 2 rings (SSSR count). The largest absolute Gasteiger partial charge is 0.380 e. The van der Waals surface area contributed by atoms with Gasteiger partial charge in [-0.05, 0) is 43.2 Å². The van der Waals surface area contributed by atoms with E-state index in [1.165, 1.54) is 25.7 Å². The molecule has 1 saturated carbocycles. The van der Waals surface area contributed by atoms with Crippen molar-refractivity contribution in [1.29, 1.82) is 0 Å². The fourth-order valence-corrected chi connectivity index (χ4v) is 3.75. The summed E-state index contributed by atoms with van der Waals surface area (Å²) >= 11 is 15.9. The third kappa shape index (κ3) is 3.55. The Kier molecular flexibility index (Phi) is 4.51. The van der Waals surface area contributed by atoms with E-state index in [0.717, 1.165) is 10.2 Å². The summed E-state index contributed by atoms with van der Waals surface area (Å²) in [6.07, 6.45) is 4.85. The van der Waals surface area contributed by atoms with Gasteiger partial charge in [-0.2, -0.15) is 0 Å². The summed E-state index contributed by atoms with van der Waals surface area (Å²) in [4.78, 5) is 0. The third-order valence-electron chi connectivity index (χ3n) is 3.69.